The third-order valence-corrected chi connectivity index (χ3v) is 5.51. The summed E-state index contributed by atoms with van der Waals surface area (Å²) in [5.74, 6) is 2.42. The number of rotatable bonds is 5. The van der Waals surface area contributed by atoms with E-state index in [1.807, 2.05) is 0 Å². The molecule has 1 N–H and O–H groups in total. The number of nitrogens with zero attached hydrogens (tertiary/aromatic N) is 1. The average molecular weight is 325 g/mol. The van der Waals surface area contributed by atoms with Gasteiger partial charge in [0.05, 0.1) is 11.8 Å². The lowest BCUT2D eigenvalue weighted by atomic mass is 9.85. The Bertz CT molecular complexity index is 497. The number of furan rings is 1. The molecule has 0 bridgehead atoms. The van der Waals surface area contributed by atoms with E-state index in [2.05, 4.69) is 10.2 Å². The smallest absolute Gasteiger partial charge is 0.254 e. The SMILES string of the molecule is Cl.O=C(N[C@H]1CN(CC2CCC2)C[C@@H]1C1CC1)c1ccoc1. The van der Waals surface area contributed by atoms with E-state index in [1.165, 1.54) is 51.5 Å². The molecule has 1 amide bonds. The number of hydrogen-bond acceptors (Lipinski definition) is 3. The van der Waals surface area contributed by atoms with Gasteiger partial charge in [0.2, 0.25) is 0 Å². The van der Waals surface area contributed by atoms with Crippen molar-refractivity contribution in [2.75, 3.05) is 19.6 Å². The number of likely N-dealkylation sites (tertiary alicyclic amines) is 1. The van der Waals surface area contributed by atoms with Gasteiger partial charge in [0.15, 0.2) is 0 Å². The molecule has 0 radical (unpaired) electrons. The van der Waals surface area contributed by atoms with E-state index in [0.717, 1.165) is 18.4 Å². The number of carbonyl (C=O) groups is 1. The van der Waals surface area contributed by atoms with Crippen molar-refractivity contribution in [2.45, 2.75) is 38.1 Å². The molecule has 5 heteroatoms. The number of hydrogen-bond donors (Lipinski definition) is 1. The average Bonchev–Trinajstić information content (AvgIpc) is 2.98. The van der Waals surface area contributed by atoms with E-state index >= 15 is 0 Å². The minimum atomic E-state index is 0. The molecule has 1 aromatic heterocycles. The molecule has 1 aromatic rings. The maximum atomic E-state index is 12.3. The Kier molecular flexibility index (Phi) is 4.79. The van der Waals surface area contributed by atoms with Crippen LogP contribution in [0.1, 0.15) is 42.5 Å². The molecule has 4 rings (SSSR count). The Morgan fingerprint density at radius 1 is 1.27 bits per heavy atom. The second-order valence-electron chi connectivity index (χ2n) is 7.11. The van der Waals surface area contributed by atoms with Crippen molar-refractivity contribution in [1.29, 1.82) is 0 Å². The van der Waals surface area contributed by atoms with Crippen molar-refractivity contribution in [3.05, 3.63) is 24.2 Å². The maximum Gasteiger partial charge on any atom is 0.254 e. The zero-order valence-corrected chi connectivity index (χ0v) is 13.7. The van der Waals surface area contributed by atoms with E-state index in [4.69, 9.17) is 4.42 Å². The summed E-state index contributed by atoms with van der Waals surface area (Å²) in [5.41, 5.74) is 0.641. The Labute approximate surface area is 138 Å². The monoisotopic (exact) mass is 324 g/mol. The third kappa shape index (κ3) is 3.33. The van der Waals surface area contributed by atoms with Crippen molar-refractivity contribution in [1.82, 2.24) is 10.2 Å². The highest BCUT2D eigenvalue weighted by molar-refractivity contribution is 5.94. The van der Waals surface area contributed by atoms with Crippen LogP contribution in [0.25, 0.3) is 0 Å². The summed E-state index contributed by atoms with van der Waals surface area (Å²) in [4.78, 5) is 14.8. The molecule has 22 heavy (non-hydrogen) atoms. The quantitative estimate of drug-likeness (QED) is 0.905. The van der Waals surface area contributed by atoms with Gasteiger partial charge in [0.1, 0.15) is 6.26 Å². The molecule has 2 heterocycles. The first kappa shape index (κ1) is 15.9. The van der Waals surface area contributed by atoms with Crippen molar-refractivity contribution < 1.29 is 9.21 Å². The van der Waals surface area contributed by atoms with Crippen LogP contribution in [0, 0.1) is 17.8 Å². The van der Waals surface area contributed by atoms with Gasteiger partial charge < -0.3 is 14.6 Å². The van der Waals surface area contributed by atoms with Crippen LogP contribution in [0.15, 0.2) is 23.0 Å². The van der Waals surface area contributed by atoms with Gasteiger partial charge in [0.25, 0.3) is 5.91 Å². The summed E-state index contributed by atoms with van der Waals surface area (Å²) in [5, 5.41) is 3.25. The molecule has 0 aromatic carbocycles. The Morgan fingerprint density at radius 2 is 2.09 bits per heavy atom. The molecule has 0 spiro atoms. The lowest BCUT2D eigenvalue weighted by Crippen LogP contribution is -2.41. The fourth-order valence-electron chi connectivity index (χ4n) is 3.90. The summed E-state index contributed by atoms with van der Waals surface area (Å²) < 4.78 is 5.01. The Hall–Kier alpha value is -1.00. The van der Waals surface area contributed by atoms with E-state index in [0.29, 0.717) is 17.5 Å². The van der Waals surface area contributed by atoms with Gasteiger partial charge in [-0.05, 0) is 49.5 Å². The van der Waals surface area contributed by atoms with E-state index in [-0.39, 0.29) is 18.3 Å². The van der Waals surface area contributed by atoms with Gasteiger partial charge >= 0.3 is 0 Å². The second kappa shape index (κ2) is 6.63. The zero-order chi connectivity index (χ0) is 14.2. The van der Waals surface area contributed by atoms with Crippen molar-refractivity contribution >= 4 is 18.3 Å². The van der Waals surface area contributed by atoms with Crippen LogP contribution in [-0.4, -0.2) is 36.5 Å². The standard InChI is InChI=1S/C17H24N2O2.ClH/c20-17(14-6-7-21-11-14)18-16-10-19(8-12-2-1-3-12)9-15(16)13-4-5-13;/h6-7,11-13,15-16H,1-5,8-10H2,(H,18,20);1H/t15-,16+;/m1./s1. The summed E-state index contributed by atoms with van der Waals surface area (Å²) in [6, 6.07) is 2.06. The van der Waals surface area contributed by atoms with Gasteiger partial charge in [-0.2, -0.15) is 0 Å². The van der Waals surface area contributed by atoms with Crippen molar-refractivity contribution in [3.63, 3.8) is 0 Å². The van der Waals surface area contributed by atoms with Crippen LogP contribution in [-0.2, 0) is 0 Å². The molecule has 122 valence electrons. The summed E-state index contributed by atoms with van der Waals surface area (Å²) in [7, 11) is 0. The van der Waals surface area contributed by atoms with Crippen LogP contribution >= 0.6 is 12.4 Å². The van der Waals surface area contributed by atoms with Gasteiger partial charge in [-0.3, -0.25) is 4.79 Å². The Balaban J connectivity index is 0.00000144. The molecule has 4 nitrogen and oxygen atoms in total. The van der Waals surface area contributed by atoms with Gasteiger partial charge in [0, 0.05) is 25.7 Å². The van der Waals surface area contributed by atoms with E-state index < -0.39 is 0 Å². The molecule has 1 aliphatic heterocycles. The highest BCUT2D eigenvalue weighted by atomic mass is 35.5. The first-order valence-corrected chi connectivity index (χ1v) is 8.35. The highest BCUT2D eigenvalue weighted by Crippen LogP contribution is 2.42. The topological polar surface area (TPSA) is 45.5 Å². The molecule has 2 atom stereocenters. The van der Waals surface area contributed by atoms with Gasteiger partial charge in [-0.15, -0.1) is 12.4 Å². The van der Waals surface area contributed by atoms with Crippen LogP contribution < -0.4 is 5.32 Å². The molecule has 0 unspecified atom stereocenters. The van der Waals surface area contributed by atoms with E-state index in [9.17, 15) is 4.79 Å². The molecular formula is C17H25ClN2O2. The summed E-state index contributed by atoms with van der Waals surface area (Å²) in [6.07, 6.45) is 9.99. The number of amides is 1. The number of carbonyl (C=O) groups excluding carboxylic acids is 1. The molecular weight excluding hydrogens is 300 g/mol. The van der Waals surface area contributed by atoms with E-state index in [1.54, 1.807) is 12.3 Å². The lowest BCUT2D eigenvalue weighted by Gasteiger charge is -2.30. The normalized spacial score (nSPS) is 28.9. The molecule has 1 saturated heterocycles. The third-order valence-electron chi connectivity index (χ3n) is 5.51. The lowest BCUT2D eigenvalue weighted by molar-refractivity contribution is 0.0927. The largest absolute Gasteiger partial charge is 0.472 e. The molecule has 2 saturated carbocycles. The van der Waals surface area contributed by atoms with Crippen molar-refractivity contribution in [3.8, 4) is 0 Å². The second-order valence-corrected chi connectivity index (χ2v) is 7.11. The van der Waals surface area contributed by atoms with Crippen LogP contribution in [0.5, 0.6) is 0 Å². The van der Waals surface area contributed by atoms with Gasteiger partial charge in [-0.1, -0.05) is 6.42 Å². The summed E-state index contributed by atoms with van der Waals surface area (Å²) in [6.45, 7) is 3.44. The number of nitrogens with one attached hydrogen (secondary N) is 1. The van der Waals surface area contributed by atoms with Crippen LogP contribution in [0.2, 0.25) is 0 Å². The highest BCUT2D eigenvalue weighted by Gasteiger charge is 2.43. The molecule has 2 aliphatic carbocycles. The summed E-state index contributed by atoms with van der Waals surface area (Å²) >= 11 is 0. The van der Waals surface area contributed by atoms with Gasteiger partial charge in [-0.25, -0.2) is 0 Å². The predicted molar refractivity (Wildman–Crippen MR) is 87.2 cm³/mol. The first-order chi connectivity index (χ1) is 10.3. The molecule has 3 fully saturated rings. The van der Waals surface area contributed by atoms with Crippen LogP contribution in [0.4, 0.5) is 0 Å². The maximum absolute atomic E-state index is 12.3. The first-order valence-electron chi connectivity index (χ1n) is 8.35. The fraction of sp³-hybridized carbons (Fsp3) is 0.706. The Morgan fingerprint density at radius 3 is 2.68 bits per heavy atom. The molecule has 3 aliphatic rings. The fourth-order valence-corrected chi connectivity index (χ4v) is 3.90. The predicted octanol–water partition coefficient (Wildman–Crippen LogP) is 2.94. The van der Waals surface area contributed by atoms with Crippen LogP contribution in [0.3, 0.4) is 0 Å². The minimum absolute atomic E-state index is 0. The van der Waals surface area contributed by atoms with Crippen molar-refractivity contribution in [2.24, 2.45) is 17.8 Å². The zero-order valence-electron chi connectivity index (χ0n) is 12.9. The minimum Gasteiger partial charge on any atom is -0.472 e. The number of halogens is 1.